The Morgan fingerprint density at radius 2 is 2.21 bits per heavy atom. The van der Waals surface area contributed by atoms with Crippen LogP contribution in [0.3, 0.4) is 0 Å². The van der Waals surface area contributed by atoms with Gasteiger partial charge in [-0.15, -0.1) is 23.1 Å². The number of amides is 1. The molecule has 0 bridgehead atoms. The first-order chi connectivity index (χ1) is 11.8. The van der Waals surface area contributed by atoms with Gasteiger partial charge in [0, 0.05) is 42.1 Å². The smallest absolute Gasteiger partial charge is 0.257 e. The van der Waals surface area contributed by atoms with Crippen LogP contribution in [0.4, 0.5) is 5.13 Å². The van der Waals surface area contributed by atoms with Crippen LogP contribution in [0.15, 0.2) is 41.0 Å². The lowest BCUT2D eigenvalue weighted by atomic mass is 9.94. The number of carbonyl (C=O) groups excluding carboxylic acids is 1. The third-order valence-electron chi connectivity index (χ3n) is 3.82. The van der Waals surface area contributed by atoms with Gasteiger partial charge in [-0.2, -0.15) is 0 Å². The van der Waals surface area contributed by atoms with E-state index in [1.54, 1.807) is 24.2 Å². The van der Waals surface area contributed by atoms with Crippen LogP contribution in [-0.2, 0) is 9.53 Å². The van der Waals surface area contributed by atoms with Crippen LogP contribution in [0, 0.1) is 5.92 Å². The second-order valence-electron chi connectivity index (χ2n) is 5.41. The number of hydrogen-bond acceptors (Lipinski definition) is 6. The molecule has 2 aromatic heterocycles. The van der Waals surface area contributed by atoms with Crippen LogP contribution in [0.5, 0.6) is 0 Å². The number of nitrogens with one attached hydrogen (secondary N) is 1. The van der Waals surface area contributed by atoms with Crippen molar-refractivity contribution in [2.75, 3.05) is 24.8 Å². The Morgan fingerprint density at radius 3 is 2.83 bits per heavy atom. The van der Waals surface area contributed by atoms with Gasteiger partial charge in [0.1, 0.15) is 0 Å². The van der Waals surface area contributed by atoms with Crippen LogP contribution in [-0.4, -0.2) is 35.3 Å². The van der Waals surface area contributed by atoms with Crippen molar-refractivity contribution in [1.29, 1.82) is 0 Å². The standard InChI is InChI=1S/C17H19N3O2S2/c1-23-15-3-2-13(11-19-15)14(10-12-4-7-22-8-5-12)16(21)20-17-18-6-9-24-17/h2-3,6,9-12H,4-5,7-8H2,1H3,(H,18,20,21)/b14-10+. The predicted molar refractivity (Wildman–Crippen MR) is 98.3 cm³/mol. The van der Waals surface area contributed by atoms with Crippen LogP contribution in [0.2, 0.25) is 0 Å². The Morgan fingerprint density at radius 1 is 1.38 bits per heavy atom. The van der Waals surface area contributed by atoms with E-state index in [0.717, 1.165) is 36.6 Å². The number of aromatic nitrogens is 2. The largest absolute Gasteiger partial charge is 0.381 e. The molecule has 0 spiro atoms. The molecule has 2 aromatic rings. The van der Waals surface area contributed by atoms with Crippen molar-refractivity contribution in [2.24, 2.45) is 5.92 Å². The molecule has 1 N–H and O–H groups in total. The SMILES string of the molecule is CSc1ccc(/C(=C\C2CCOCC2)C(=O)Nc2nccs2)cn1. The number of ether oxygens (including phenoxy) is 1. The van der Waals surface area contributed by atoms with Crippen molar-refractivity contribution in [3.8, 4) is 0 Å². The average molecular weight is 361 g/mol. The van der Waals surface area contributed by atoms with Gasteiger partial charge in [0.05, 0.1) is 5.03 Å². The zero-order valence-electron chi connectivity index (χ0n) is 13.4. The Labute approximate surface area is 149 Å². The van der Waals surface area contributed by atoms with E-state index in [1.807, 2.05) is 23.8 Å². The molecule has 0 saturated carbocycles. The first kappa shape index (κ1) is 17.1. The third kappa shape index (κ3) is 4.43. The molecule has 3 rings (SSSR count). The van der Waals surface area contributed by atoms with Crippen LogP contribution < -0.4 is 5.32 Å². The fourth-order valence-corrected chi connectivity index (χ4v) is 3.42. The highest BCUT2D eigenvalue weighted by molar-refractivity contribution is 7.98. The number of thiazole rings is 1. The van der Waals surface area contributed by atoms with Gasteiger partial charge in [0.25, 0.3) is 5.91 Å². The Hall–Kier alpha value is -1.70. The van der Waals surface area contributed by atoms with E-state index >= 15 is 0 Å². The molecule has 0 radical (unpaired) electrons. The lowest BCUT2D eigenvalue weighted by molar-refractivity contribution is -0.111. The second-order valence-corrected chi connectivity index (χ2v) is 7.13. The quantitative estimate of drug-likeness (QED) is 0.650. The van der Waals surface area contributed by atoms with Crippen LogP contribution in [0.1, 0.15) is 18.4 Å². The van der Waals surface area contributed by atoms with Crippen molar-refractivity contribution in [1.82, 2.24) is 9.97 Å². The summed E-state index contributed by atoms with van der Waals surface area (Å²) in [6.07, 6.45) is 9.35. The number of rotatable bonds is 5. The van der Waals surface area contributed by atoms with Crippen molar-refractivity contribution >= 4 is 39.7 Å². The van der Waals surface area contributed by atoms with Gasteiger partial charge >= 0.3 is 0 Å². The minimum absolute atomic E-state index is 0.143. The molecule has 1 fully saturated rings. The van der Waals surface area contributed by atoms with E-state index in [2.05, 4.69) is 21.4 Å². The number of pyridine rings is 1. The van der Waals surface area contributed by atoms with Gasteiger partial charge in [-0.25, -0.2) is 9.97 Å². The van der Waals surface area contributed by atoms with E-state index in [4.69, 9.17) is 4.74 Å². The number of anilines is 1. The molecule has 1 amide bonds. The maximum Gasteiger partial charge on any atom is 0.257 e. The van der Waals surface area contributed by atoms with E-state index in [1.165, 1.54) is 11.3 Å². The molecular formula is C17H19N3O2S2. The first-order valence-electron chi connectivity index (χ1n) is 7.77. The van der Waals surface area contributed by atoms with Crippen molar-refractivity contribution in [3.63, 3.8) is 0 Å². The summed E-state index contributed by atoms with van der Waals surface area (Å²) in [4.78, 5) is 21.3. The molecule has 126 valence electrons. The molecule has 0 aliphatic carbocycles. The Kier molecular flexibility index (Phi) is 6.01. The second kappa shape index (κ2) is 8.41. The Balaban J connectivity index is 1.86. The zero-order valence-corrected chi connectivity index (χ0v) is 15.0. The highest BCUT2D eigenvalue weighted by Gasteiger charge is 2.18. The van der Waals surface area contributed by atoms with Gasteiger partial charge in [-0.05, 0) is 37.1 Å². The molecule has 0 atom stereocenters. The molecule has 0 unspecified atom stereocenters. The van der Waals surface area contributed by atoms with E-state index in [9.17, 15) is 4.79 Å². The van der Waals surface area contributed by atoms with E-state index in [0.29, 0.717) is 16.6 Å². The molecule has 24 heavy (non-hydrogen) atoms. The molecule has 1 saturated heterocycles. The van der Waals surface area contributed by atoms with Crippen molar-refractivity contribution in [2.45, 2.75) is 17.9 Å². The van der Waals surface area contributed by atoms with E-state index < -0.39 is 0 Å². The number of hydrogen-bond donors (Lipinski definition) is 1. The van der Waals surface area contributed by atoms with E-state index in [-0.39, 0.29) is 5.91 Å². The van der Waals surface area contributed by atoms with Gasteiger partial charge in [-0.1, -0.05) is 6.08 Å². The molecule has 7 heteroatoms. The van der Waals surface area contributed by atoms with Gasteiger partial charge in [0.2, 0.25) is 0 Å². The van der Waals surface area contributed by atoms with Gasteiger partial charge < -0.3 is 4.74 Å². The summed E-state index contributed by atoms with van der Waals surface area (Å²) < 4.78 is 5.41. The van der Waals surface area contributed by atoms with Crippen molar-refractivity contribution < 1.29 is 9.53 Å². The minimum atomic E-state index is -0.143. The Bertz CT molecular complexity index is 693. The van der Waals surface area contributed by atoms with Crippen LogP contribution in [0.25, 0.3) is 5.57 Å². The molecule has 0 aromatic carbocycles. The summed E-state index contributed by atoms with van der Waals surface area (Å²) in [5.41, 5.74) is 1.48. The van der Waals surface area contributed by atoms with Gasteiger partial charge in [0.15, 0.2) is 5.13 Å². The summed E-state index contributed by atoms with van der Waals surface area (Å²) in [7, 11) is 0. The normalized spacial score (nSPS) is 16.1. The fraction of sp³-hybridized carbons (Fsp3) is 0.353. The number of allylic oxidation sites excluding steroid dienone is 1. The molecule has 3 heterocycles. The number of carbonyl (C=O) groups is 1. The minimum Gasteiger partial charge on any atom is -0.381 e. The number of thioether (sulfide) groups is 1. The lowest BCUT2D eigenvalue weighted by Crippen LogP contribution is -2.18. The molecular weight excluding hydrogens is 342 g/mol. The summed E-state index contributed by atoms with van der Waals surface area (Å²) in [6.45, 7) is 1.48. The first-order valence-corrected chi connectivity index (χ1v) is 9.87. The topological polar surface area (TPSA) is 64.1 Å². The zero-order chi connectivity index (χ0) is 16.8. The average Bonchev–Trinajstić information content (AvgIpc) is 3.13. The summed E-state index contributed by atoms with van der Waals surface area (Å²) in [5.74, 6) is 0.200. The maximum atomic E-state index is 12.8. The lowest BCUT2D eigenvalue weighted by Gasteiger charge is -2.20. The summed E-state index contributed by atoms with van der Waals surface area (Å²) in [6, 6.07) is 3.89. The highest BCUT2D eigenvalue weighted by Crippen LogP contribution is 2.25. The van der Waals surface area contributed by atoms with Gasteiger partial charge in [-0.3, -0.25) is 10.1 Å². The van der Waals surface area contributed by atoms with Crippen molar-refractivity contribution in [3.05, 3.63) is 41.5 Å². The maximum absolute atomic E-state index is 12.8. The molecule has 1 aliphatic rings. The fourth-order valence-electron chi connectivity index (χ4n) is 2.53. The summed E-state index contributed by atoms with van der Waals surface area (Å²) >= 11 is 2.99. The third-order valence-corrected chi connectivity index (χ3v) is 5.17. The molecule has 5 nitrogen and oxygen atoms in total. The van der Waals surface area contributed by atoms with Crippen LogP contribution >= 0.6 is 23.1 Å². The summed E-state index contributed by atoms with van der Waals surface area (Å²) in [5, 5.41) is 6.25. The molecule has 1 aliphatic heterocycles. The monoisotopic (exact) mass is 361 g/mol. The predicted octanol–water partition coefficient (Wildman–Crippen LogP) is 3.71. The highest BCUT2D eigenvalue weighted by atomic mass is 32.2. The number of nitrogens with zero attached hydrogens (tertiary/aromatic N) is 2.